The van der Waals surface area contributed by atoms with Gasteiger partial charge in [-0.05, 0) is 42.0 Å². The first-order valence-electron chi connectivity index (χ1n) is 9.48. The van der Waals surface area contributed by atoms with Gasteiger partial charge in [0.25, 0.3) is 0 Å². The van der Waals surface area contributed by atoms with E-state index in [1.807, 2.05) is 0 Å². The minimum absolute atomic E-state index is 0.0668. The SMILES string of the molecule is O=c1n(CCOc2ncc(C(F)(F)F)cn2)nc2cccc(-c3ccc(OC(F)(F)F)cc3)n12. The second kappa shape index (κ2) is 8.68. The molecule has 0 atom stereocenters. The number of halogens is 6. The van der Waals surface area contributed by atoms with Crippen LogP contribution < -0.4 is 15.2 Å². The average molecular weight is 485 g/mol. The molecule has 178 valence electrons. The lowest BCUT2D eigenvalue weighted by Crippen LogP contribution is -2.25. The minimum Gasteiger partial charge on any atom is -0.461 e. The van der Waals surface area contributed by atoms with Crippen LogP contribution in [0.2, 0.25) is 0 Å². The summed E-state index contributed by atoms with van der Waals surface area (Å²) in [5, 5.41) is 4.17. The molecule has 14 heteroatoms. The summed E-state index contributed by atoms with van der Waals surface area (Å²) in [6.07, 6.45) is -8.24. The number of hydrogen-bond donors (Lipinski definition) is 0. The Labute approximate surface area is 186 Å². The molecular formula is C20H13F6N5O3. The molecular weight excluding hydrogens is 472 g/mol. The average Bonchev–Trinajstić information content (AvgIpc) is 3.09. The number of fused-ring (bicyclic) bond motifs is 1. The smallest absolute Gasteiger partial charge is 0.461 e. The molecule has 0 aliphatic heterocycles. The quantitative estimate of drug-likeness (QED) is 0.385. The van der Waals surface area contributed by atoms with Crippen molar-refractivity contribution in [2.75, 3.05) is 6.61 Å². The fraction of sp³-hybridized carbons (Fsp3) is 0.200. The van der Waals surface area contributed by atoms with Crippen molar-refractivity contribution < 1.29 is 35.8 Å². The van der Waals surface area contributed by atoms with Gasteiger partial charge in [0.2, 0.25) is 0 Å². The molecule has 0 saturated carbocycles. The summed E-state index contributed by atoms with van der Waals surface area (Å²) in [6, 6.07) is 9.44. The van der Waals surface area contributed by atoms with Crippen molar-refractivity contribution in [3.8, 4) is 23.0 Å². The van der Waals surface area contributed by atoms with E-state index in [4.69, 9.17) is 4.74 Å². The highest BCUT2D eigenvalue weighted by atomic mass is 19.4. The summed E-state index contributed by atoms with van der Waals surface area (Å²) in [7, 11) is 0. The highest BCUT2D eigenvalue weighted by Crippen LogP contribution is 2.28. The molecule has 0 N–H and O–H groups in total. The standard InChI is InChI=1S/C20H13F6N5O3/c21-19(22,23)13-10-27-17(28-11-13)33-9-8-30-18(32)31-15(2-1-3-16(31)29-30)12-4-6-14(7-5-12)34-20(24,25)26/h1-7,10-11H,8-9H2. The Morgan fingerprint density at radius 1 is 0.912 bits per heavy atom. The van der Waals surface area contributed by atoms with Crippen LogP contribution in [0.25, 0.3) is 16.9 Å². The normalized spacial score (nSPS) is 12.2. The Bertz CT molecular complexity index is 1350. The predicted octanol–water partition coefficient (Wildman–Crippen LogP) is 3.95. The summed E-state index contributed by atoms with van der Waals surface area (Å²) >= 11 is 0. The lowest BCUT2D eigenvalue weighted by molar-refractivity contribution is -0.274. The van der Waals surface area contributed by atoms with E-state index in [1.165, 1.54) is 16.5 Å². The van der Waals surface area contributed by atoms with E-state index in [2.05, 4.69) is 19.8 Å². The summed E-state index contributed by atoms with van der Waals surface area (Å²) in [5.74, 6) is -0.408. The molecule has 0 aliphatic rings. The number of hydrogen-bond acceptors (Lipinski definition) is 6. The lowest BCUT2D eigenvalue weighted by atomic mass is 10.1. The molecule has 0 radical (unpaired) electrons. The maximum atomic E-state index is 12.9. The molecule has 4 rings (SSSR count). The van der Waals surface area contributed by atoms with Crippen LogP contribution in [0.1, 0.15) is 5.56 Å². The minimum atomic E-state index is -4.83. The van der Waals surface area contributed by atoms with Crippen LogP contribution in [0, 0.1) is 0 Å². The van der Waals surface area contributed by atoms with Gasteiger partial charge in [-0.3, -0.25) is 0 Å². The van der Waals surface area contributed by atoms with E-state index in [0.717, 1.165) is 16.8 Å². The van der Waals surface area contributed by atoms with Gasteiger partial charge in [0.1, 0.15) is 12.4 Å². The van der Waals surface area contributed by atoms with E-state index < -0.39 is 29.5 Å². The zero-order chi connectivity index (χ0) is 24.5. The van der Waals surface area contributed by atoms with Crippen molar-refractivity contribution in [2.24, 2.45) is 0 Å². The molecule has 8 nitrogen and oxygen atoms in total. The maximum Gasteiger partial charge on any atom is 0.573 e. The van der Waals surface area contributed by atoms with Gasteiger partial charge in [0.05, 0.1) is 17.8 Å². The molecule has 34 heavy (non-hydrogen) atoms. The molecule has 0 bridgehead atoms. The van der Waals surface area contributed by atoms with Crippen LogP contribution in [0.4, 0.5) is 26.3 Å². The Hall–Kier alpha value is -4.10. The fourth-order valence-corrected chi connectivity index (χ4v) is 3.02. The van der Waals surface area contributed by atoms with E-state index in [0.29, 0.717) is 23.7 Å². The van der Waals surface area contributed by atoms with Gasteiger partial charge in [0.15, 0.2) is 5.65 Å². The second-order valence-corrected chi connectivity index (χ2v) is 6.78. The third kappa shape index (κ3) is 5.10. The number of alkyl halides is 6. The summed E-state index contributed by atoms with van der Waals surface area (Å²) in [6.45, 7) is -0.226. The van der Waals surface area contributed by atoms with Gasteiger partial charge in [-0.25, -0.2) is 23.8 Å². The first kappa shape index (κ1) is 23.1. The third-order valence-corrected chi connectivity index (χ3v) is 4.48. The van der Waals surface area contributed by atoms with Gasteiger partial charge in [-0.1, -0.05) is 6.07 Å². The molecule has 1 aromatic carbocycles. The molecule has 0 fully saturated rings. The van der Waals surface area contributed by atoms with Crippen LogP contribution in [0.5, 0.6) is 11.8 Å². The Morgan fingerprint density at radius 3 is 2.21 bits per heavy atom. The van der Waals surface area contributed by atoms with Crippen LogP contribution in [0.15, 0.2) is 59.7 Å². The first-order valence-corrected chi connectivity index (χ1v) is 9.48. The predicted molar refractivity (Wildman–Crippen MR) is 104 cm³/mol. The van der Waals surface area contributed by atoms with Crippen molar-refractivity contribution in [3.05, 3.63) is 70.9 Å². The molecule has 0 aliphatic carbocycles. The van der Waals surface area contributed by atoms with E-state index in [-0.39, 0.29) is 24.8 Å². The van der Waals surface area contributed by atoms with E-state index >= 15 is 0 Å². The van der Waals surface area contributed by atoms with Crippen LogP contribution in [0.3, 0.4) is 0 Å². The summed E-state index contributed by atoms with van der Waals surface area (Å²) < 4.78 is 86.1. The maximum absolute atomic E-state index is 12.9. The number of pyridine rings is 1. The molecule has 3 aromatic heterocycles. The largest absolute Gasteiger partial charge is 0.573 e. The zero-order valence-corrected chi connectivity index (χ0v) is 16.8. The number of nitrogens with zero attached hydrogens (tertiary/aromatic N) is 5. The van der Waals surface area contributed by atoms with Gasteiger partial charge >= 0.3 is 24.2 Å². The molecule has 0 amide bonds. The van der Waals surface area contributed by atoms with E-state index in [1.54, 1.807) is 18.2 Å². The van der Waals surface area contributed by atoms with Crippen LogP contribution >= 0.6 is 0 Å². The Kier molecular flexibility index (Phi) is 5.89. The topological polar surface area (TPSA) is 83.5 Å². The van der Waals surface area contributed by atoms with Gasteiger partial charge in [-0.2, -0.15) is 13.2 Å². The highest BCUT2D eigenvalue weighted by molar-refractivity contribution is 5.64. The summed E-state index contributed by atoms with van der Waals surface area (Å²) in [5.41, 5.74) is -0.500. The van der Waals surface area contributed by atoms with Gasteiger partial charge < -0.3 is 9.47 Å². The third-order valence-electron chi connectivity index (χ3n) is 4.48. The van der Waals surface area contributed by atoms with Crippen molar-refractivity contribution in [3.63, 3.8) is 0 Å². The van der Waals surface area contributed by atoms with Crippen LogP contribution in [-0.2, 0) is 12.7 Å². The van der Waals surface area contributed by atoms with Gasteiger partial charge in [0, 0.05) is 12.4 Å². The summed E-state index contributed by atoms with van der Waals surface area (Å²) in [4.78, 5) is 19.8. The Balaban J connectivity index is 1.51. The number of ether oxygens (including phenoxy) is 2. The number of aromatic nitrogens is 5. The Morgan fingerprint density at radius 2 is 1.59 bits per heavy atom. The first-order chi connectivity index (χ1) is 16.0. The van der Waals surface area contributed by atoms with Crippen molar-refractivity contribution in [1.29, 1.82) is 0 Å². The number of rotatable bonds is 6. The number of benzene rings is 1. The molecule has 0 saturated heterocycles. The molecule has 3 heterocycles. The van der Waals surface area contributed by atoms with Crippen molar-refractivity contribution >= 4 is 5.65 Å². The molecule has 0 unspecified atom stereocenters. The fourth-order valence-electron chi connectivity index (χ4n) is 3.02. The van der Waals surface area contributed by atoms with E-state index in [9.17, 15) is 31.1 Å². The van der Waals surface area contributed by atoms with Crippen molar-refractivity contribution in [2.45, 2.75) is 19.1 Å². The molecule has 0 spiro atoms. The lowest BCUT2D eigenvalue weighted by Gasteiger charge is -2.09. The van der Waals surface area contributed by atoms with Crippen LogP contribution in [-0.4, -0.2) is 37.1 Å². The monoisotopic (exact) mass is 485 g/mol. The highest BCUT2D eigenvalue weighted by Gasteiger charge is 2.32. The second-order valence-electron chi connectivity index (χ2n) is 6.78. The zero-order valence-electron chi connectivity index (χ0n) is 16.8. The van der Waals surface area contributed by atoms with Gasteiger partial charge in [-0.15, -0.1) is 18.3 Å². The molecule has 4 aromatic rings. The van der Waals surface area contributed by atoms with Crippen molar-refractivity contribution in [1.82, 2.24) is 24.1 Å².